The molecule has 0 radical (unpaired) electrons. The van der Waals surface area contributed by atoms with Crippen LogP contribution in [0.15, 0.2) is 12.1 Å². The standard InChI is InChI=1S/C14H23N3O2/c1-2-3-8-18-9-10-19-14-7-6-13(16-17-14)11-15-12-4-5-12/h6-7,12,15H,2-5,8-11H2,1H3. The zero-order chi connectivity index (χ0) is 13.3. The second-order valence-corrected chi connectivity index (χ2v) is 4.83. The molecular weight excluding hydrogens is 242 g/mol. The highest BCUT2D eigenvalue weighted by Crippen LogP contribution is 2.19. The molecule has 1 aromatic rings. The summed E-state index contributed by atoms with van der Waals surface area (Å²) in [4.78, 5) is 0. The Morgan fingerprint density at radius 1 is 1.21 bits per heavy atom. The van der Waals surface area contributed by atoms with Crippen molar-refractivity contribution in [2.24, 2.45) is 0 Å². The van der Waals surface area contributed by atoms with Crippen LogP contribution >= 0.6 is 0 Å². The Hall–Kier alpha value is -1.20. The van der Waals surface area contributed by atoms with E-state index in [-0.39, 0.29) is 0 Å². The van der Waals surface area contributed by atoms with Gasteiger partial charge in [0.15, 0.2) is 0 Å². The van der Waals surface area contributed by atoms with Crippen molar-refractivity contribution < 1.29 is 9.47 Å². The van der Waals surface area contributed by atoms with Crippen LogP contribution in [0.4, 0.5) is 0 Å². The van der Waals surface area contributed by atoms with Crippen LogP contribution in [0.2, 0.25) is 0 Å². The minimum atomic E-state index is 0.526. The third-order valence-electron chi connectivity index (χ3n) is 2.96. The molecule has 0 spiro atoms. The first kappa shape index (κ1) is 14.2. The first-order valence-electron chi connectivity index (χ1n) is 7.15. The maximum atomic E-state index is 5.46. The van der Waals surface area contributed by atoms with Gasteiger partial charge in [-0.25, -0.2) is 0 Å². The van der Waals surface area contributed by atoms with E-state index >= 15 is 0 Å². The number of hydrogen-bond donors (Lipinski definition) is 1. The smallest absolute Gasteiger partial charge is 0.233 e. The normalized spacial score (nSPS) is 14.6. The molecule has 0 aliphatic heterocycles. The van der Waals surface area contributed by atoms with Crippen molar-refractivity contribution in [3.63, 3.8) is 0 Å². The van der Waals surface area contributed by atoms with E-state index in [4.69, 9.17) is 9.47 Å². The Morgan fingerprint density at radius 2 is 2.11 bits per heavy atom. The zero-order valence-corrected chi connectivity index (χ0v) is 11.6. The topological polar surface area (TPSA) is 56.3 Å². The van der Waals surface area contributed by atoms with Crippen LogP contribution in [-0.4, -0.2) is 36.1 Å². The molecular formula is C14H23N3O2. The van der Waals surface area contributed by atoms with E-state index in [9.17, 15) is 0 Å². The molecule has 5 nitrogen and oxygen atoms in total. The second-order valence-electron chi connectivity index (χ2n) is 4.83. The lowest BCUT2D eigenvalue weighted by Gasteiger charge is -2.06. The van der Waals surface area contributed by atoms with Crippen molar-refractivity contribution in [2.45, 2.75) is 45.2 Å². The Bertz CT molecular complexity index is 352. The monoisotopic (exact) mass is 265 g/mol. The van der Waals surface area contributed by atoms with E-state index in [0.717, 1.165) is 31.7 Å². The number of nitrogens with zero attached hydrogens (tertiary/aromatic N) is 2. The minimum Gasteiger partial charge on any atom is -0.474 e. The molecule has 2 rings (SSSR count). The largest absolute Gasteiger partial charge is 0.474 e. The summed E-state index contributed by atoms with van der Waals surface area (Å²) in [6.07, 6.45) is 4.82. The molecule has 106 valence electrons. The van der Waals surface area contributed by atoms with Crippen molar-refractivity contribution in [3.8, 4) is 5.88 Å². The first-order chi connectivity index (χ1) is 9.38. The Kier molecular flexibility index (Phi) is 6.04. The molecule has 19 heavy (non-hydrogen) atoms. The van der Waals surface area contributed by atoms with Crippen molar-refractivity contribution in [3.05, 3.63) is 17.8 Å². The summed E-state index contributed by atoms with van der Waals surface area (Å²) < 4.78 is 10.9. The second kappa shape index (κ2) is 8.07. The molecule has 1 aromatic heterocycles. The van der Waals surface area contributed by atoms with Gasteiger partial charge in [-0.15, -0.1) is 5.10 Å². The zero-order valence-electron chi connectivity index (χ0n) is 11.6. The minimum absolute atomic E-state index is 0.526. The third kappa shape index (κ3) is 5.98. The SMILES string of the molecule is CCCCOCCOc1ccc(CNC2CC2)nn1. The summed E-state index contributed by atoms with van der Waals surface area (Å²) in [6.45, 7) is 4.87. The van der Waals surface area contributed by atoms with Crippen LogP contribution in [-0.2, 0) is 11.3 Å². The van der Waals surface area contributed by atoms with Gasteiger partial charge in [0.2, 0.25) is 5.88 Å². The van der Waals surface area contributed by atoms with Gasteiger partial charge in [0.05, 0.1) is 12.3 Å². The van der Waals surface area contributed by atoms with Crippen molar-refractivity contribution in [1.29, 1.82) is 0 Å². The van der Waals surface area contributed by atoms with Gasteiger partial charge < -0.3 is 14.8 Å². The van der Waals surface area contributed by atoms with E-state index in [0.29, 0.717) is 25.1 Å². The van der Waals surface area contributed by atoms with Gasteiger partial charge in [0.25, 0.3) is 0 Å². The van der Waals surface area contributed by atoms with Crippen LogP contribution in [0.1, 0.15) is 38.3 Å². The predicted octanol–water partition coefficient (Wildman–Crippen LogP) is 1.92. The quantitative estimate of drug-likeness (QED) is 0.655. The van der Waals surface area contributed by atoms with Gasteiger partial charge in [-0.05, 0) is 25.3 Å². The van der Waals surface area contributed by atoms with Crippen LogP contribution in [0.25, 0.3) is 0 Å². The fourth-order valence-corrected chi connectivity index (χ4v) is 1.61. The molecule has 0 atom stereocenters. The fraction of sp³-hybridized carbons (Fsp3) is 0.714. The molecule has 1 saturated carbocycles. The van der Waals surface area contributed by atoms with Gasteiger partial charge in [0, 0.05) is 25.3 Å². The highest BCUT2D eigenvalue weighted by Gasteiger charge is 2.20. The van der Waals surface area contributed by atoms with E-state index in [1.807, 2.05) is 12.1 Å². The summed E-state index contributed by atoms with van der Waals surface area (Å²) in [5.74, 6) is 0.564. The fourth-order valence-electron chi connectivity index (χ4n) is 1.61. The van der Waals surface area contributed by atoms with Crippen LogP contribution in [0.5, 0.6) is 5.88 Å². The maximum Gasteiger partial charge on any atom is 0.233 e. The third-order valence-corrected chi connectivity index (χ3v) is 2.96. The Labute approximate surface area is 114 Å². The van der Waals surface area contributed by atoms with Crippen molar-refractivity contribution in [1.82, 2.24) is 15.5 Å². The maximum absolute atomic E-state index is 5.46. The van der Waals surface area contributed by atoms with Crippen molar-refractivity contribution >= 4 is 0 Å². The van der Waals surface area contributed by atoms with Gasteiger partial charge in [-0.1, -0.05) is 13.3 Å². The van der Waals surface area contributed by atoms with Crippen LogP contribution in [0, 0.1) is 0 Å². The highest BCUT2D eigenvalue weighted by atomic mass is 16.5. The predicted molar refractivity (Wildman–Crippen MR) is 73.1 cm³/mol. The van der Waals surface area contributed by atoms with Gasteiger partial charge >= 0.3 is 0 Å². The Morgan fingerprint density at radius 3 is 2.79 bits per heavy atom. The number of hydrogen-bond acceptors (Lipinski definition) is 5. The van der Waals surface area contributed by atoms with E-state index in [2.05, 4.69) is 22.4 Å². The van der Waals surface area contributed by atoms with Gasteiger partial charge in [0.1, 0.15) is 6.61 Å². The van der Waals surface area contributed by atoms with E-state index in [1.165, 1.54) is 12.8 Å². The lowest BCUT2D eigenvalue weighted by molar-refractivity contribution is 0.0961. The molecule has 0 bridgehead atoms. The molecule has 0 aromatic carbocycles. The average Bonchev–Trinajstić information content (AvgIpc) is 3.26. The number of nitrogens with one attached hydrogen (secondary N) is 1. The van der Waals surface area contributed by atoms with Gasteiger partial charge in [-0.3, -0.25) is 0 Å². The number of aromatic nitrogens is 2. The van der Waals surface area contributed by atoms with E-state index < -0.39 is 0 Å². The summed E-state index contributed by atoms with van der Waals surface area (Å²) in [7, 11) is 0. The molecule has 0 unspecified atom stereocenters. The summed E-state index contributed by atoms with van der Waals surface area (Å²) in [6, 6.07) is 4.51. The van der Waals surface area contributed by atoms with Crippen LogP contribution < -0.4 is 10.1 Å². The molecule has 0 amide bonds. The average molecular weight is 265 g/mol. The Balaban J connectivity index is 1.58. The van der Waals surface area contributed by atoms with Crippen molar-refractivity contribution in [2.75, 3.05) is 19.8 Å². The summed E-state index contributed by atoms with van der Waals surface area (Å²) in [5, 5.41) is 11.6. The van der Waals surface area contributed by atoms with Gasteiger partial charge in [-0.2, -0.15) is 5.10 Å². The lowest BCUT2D eigenvalue weighted by atomic mass is 10.4. The van der Waals surface area contributed by atoms with Crippen LogP contribution in [0.3, 0.4) is 0 Å². The molecule has 1 aliphatic carbocycles. The molecule has 1 fully saturated rings. The summed E-state index contributed by atoms with van der Waals surface area (Å²) in [5.41, 5.74) is 0.957. The number of ether oxygens (including phenoxy) is 2. The highest BCUT2D eigenvalue weighted by molar-refractivity contribution is 5.11. The number of unbranched alkanes of at least 4 members (excludes halogenated alkanes) is 1. The first-order valence-corrected chi connectivity index (χ1v) is 7.15. The molecule has 1 N–H and O–H groups in total. The van der Waals surface area contributed by atoms with E-state index in [1.54, 1.807) is 0 Å². The summed E-state index contributed by atoms with van der Waals surface area (Å²) >= 11 is 0. The molecule has 5 heteroatoms. The lowest BCUT2D eigenvalue weighted by Crippen LogP contribution is -2.16. The molecule has 1 heterocycles. The molecule has 0 saturated heterocycles. The number of rotatable bonds is 10. The molecule has 1 aliphatic rings.